The highest BCUT2D eigenvalue weighted by Crippen LogP contribution is 2.36. The van der Waals surface area contributed by atoms with Gasteiger partial charge in [0.15, 0.2) is 5.60 Å². The van der Waals surface area contributed by atoms with Crippen molar-refractivity contribution in [1.29, 1.82) is 0 Å². The van der Waals surface area contributed by atoms with E-state index in [4.69, 9.17) is 4.74 Å². The van der Waals surface area contributed by atoms with Gasteiger partial charge in [-0.05, 0) is 51.0 Å². The Bertz CT molecular complexity index is 592. The van der Waals surface area contributed by atoms with Crippen LogP contribution in [-0.4, -0.2) is 29.1 Å². The van der Waals surface area contributed by atoms with E-state index in [9.17, 15) is 19.1 Å². The van der Waals surface area contributed by atoms with Crippen molar-refractivity contribution in [3.63, 3.8) is 0 Å². The van der Waals surface area contributed by atoms with E-state index in [1.807, 2.05) is 0 Å². The van der Waals surface area contributed by atoms with E-state index in [0.29, 0.717) is 18.6 Å². The molecule has 1 aromatic carbocycles. The van der Waals surface area contributed by atoms with Crippen LogP contribution in [0.3, 0.4) is 0 Å². The zero-order valence-electron chi connectivity index (χ0n) is 14.1. The standard InChI is InChI=1S/C18H24FNO4/c1-17(2,24-14-8-6-13(19)7-9-14)15(21)20-12-18(16(22)23)10-4-3-5-11-18/h6-9H,3-5,10-12H2,1-2H3,(H,20,21)(H,22,23). The van der Waals surface area contributed by atoms with E-state index in [2.05, 4.69) is 5.32 Å². The van der Waals surface area contributed by atoms with Crippen molar-refractivity contribution in [2.75, 3.05) is 6.54 Å². The van der Waals surface area contributed by atoms with Gasteiger partial charge in [0.1, 0.15) is 11.6 Å². The number of carbonyl (C=O) groups excluding carboxylic acids is 1. The third-order valence-electron chi connectivity index (χ3n) is 4.59. The first-order valence-corrected chi connectivity index (χ1v) is 8.21. The highest BCUT2D eigenvalue weighted by Gasteiger charge is 2.41. The minimum absolute atomic E-state index is 0.0946. The molecule has 1 fully saturated rings. The molecule has 1 aromatic rings. The Kier molecular flexibility index (Phi) is 5.47. The predicted molar refractivity (Wildman–Crippen MR) is 87.3 cm³/mol. The number of aliphatic carboxylic acids is 1. The summed E-state index contributed by atoms with van der Waals surface area (Å²) in [6, 6.07) is 5.41. The van der Waals surface area contributed by atoms with Crippen LogP contribution in [0.15, 0.2) is 24.3 Å². The smallest absolute Gasteiger partial charge is 0.311 e. The summed E-state index contributed by atoms with van der Waals surface area (Å²) in [6.07, 6.45) is 3.89. The zero-order chi connectivity index (χ0) is 17.8. The molecule has 0 aliphatic heterocycles. The van der Waals surface area contributed by atoms with Gasteiger partial charge >= 0.3 is 5.97 Å². The van der Waals surface area contributed by atoms with E-state index in [1.165, 1.54) is 24.3 Å². The predicted octanol–water partition coefficient (Wildman–Crippen LogP) is 3.13. The van der Waals surface area contributed by atoms with Crippen LogP contribution >= 0.6 is 0 Å². The van der Waals surface area contributed by atoms with Gasteiger partial charge in [-0.25, -0.2) is 4.39 Å². The van der Waals surface area contributed by atoms with Gasteiger partial charge < -0.3 is 15.2 Å². The lowest BCUT2D eigenvalue weighted by molar-refractivity contribution is -0.151. The third-order valence-corrected chi connectivity index (χ3v) is 4.59. The number of ether oxygens (including phenoxy) is 1. The lowest BCUT2D eigenvalue weighted by Gasteiger charge is -2.34. The number of hydrogen-bond acceptors (Lipinski definition) is 3. The summed E-state index contributed by atoms with van der Waals surface area (Å²) in [6.45, 7) is 3.29. The number of nitrogens with one attached hydrogen (secondary N) is 1. The van der Waals surface area contributed by atoms with Crippen molar-refractivity contribution in [2.45, 2.75) is 51.6 Å². The van der Waals surface area contributed by atoms with Gasteiger partial charge in [0.25, 0.3) is 5.91 Å². The maximum atomic E-state index is 12.9. The summed E-state index contributed by atoms with van der Waals surface area (Å²) in [5.41, 5.74) is -2.08. The zero-order valence-corrected chi connectivity index (χ0v) is 14.1. The average Bonchev–Trinajstić information content (AvgIpc) is 2.55. The maximum absolute atomic E-state index is 12.9. The molecule has 0 spiro atoms. The van der Waals surface area contributed by atoms with E-state index in [-0.39, 0.29) is 12.4 Å². The Morgan fingerprint density at radius 3 is 2.33 bits per heavy atom. The molecule has 24 heavy (non-hydrogen) atoms. The van der Waals surface area contributed by atoms with Crippen molar-refractivity contribution >= 4 is 11.9 Å². The average molecular weight is 337 g/mol. The molecule has 1 aliphatic carbocycles. The molecule has 0 bridgehead atoms. The van der Waals surface area contributed by atoms with Crippen molar-refractivity contribution in [3.8, 4) is 5.75 Å². The fourth-order valence-corrected chi connectivity index (χ4v) is 3.00. The Morgan fingerprint density at radius 1 is 1.21 bits per heavy atom. The second-order valence-corrected chi connectivity index (χ2v) is 6.90. The molecular formula is C18H24FNO4. The Labute approximate surface area is 141 Å². The van der Waals surface area contributed by atoms with E-state index in [1.54, 1.807) is 13.8 Å². The van der Waals surface area contributed by atoms with Crippen molar-refractivity contribution in [2.24, 2.45) is 5.41 Å². The molecule has 0 radical (unpaired) electrons. The van der Waals surface area contributed by atoms with Gasteiger partial charge in [0.05, 0.1) is 5.41 Å². The number of hydrogen-bond donors (Lipinski definition) is 2. The summed E-state index contributed by atoms with van der Waals surface area (Å²) < 4.78 is 18.6. The van der Waals surface area contributed by atoms with Crippen LogP contribution in [0.2, 0.25) is 0 Å². The highest BCUT2D eigenvalue weighted by atomic mass is 19.1. The van der Waals surface area contributed by atoms with Crippen LogP contribution in [-0.2, 0) is 9.59 Å². The number of carboxylic acids is 1. The first-order chi connectivity index (χ1) is 11.3. The largest absolute Gasteiger partial charge is 0.481 e. The number of carbonyl (C=O) groups is 2. The number of amides is 1. The lowest BCUT2D eigenvalue weighted by Crippen LogP contribution is -2.51. The Balaban J connectivity index is 1.99. The molecule has 6 heteroatoms. The van der Waals surface area contributed by atoms with E-state index >= 15 is 0 Å². The normalized spacial score (nSPS) is 17.1. The molecule has 5 nitrogen and oxygen atoms in total. The molecule has 0 unspecified atom stereocenters. The first-order valence-electron chi connectivity index (χ1n) is 8.21. The number of rotatable bonds is 6. The number of halogens is 1. The molecule has 0 heterocycles. The molecule has 132 valence electrons. The Hall–Kier alpha value is -2.11. The number of benzene rings is 1. The molecule has 1 saturated carbocycles. The second kappa shape index (κ2) is 7.20. The van der Waals surface area contributed by atoms with E-state index < -0.39 is 22.9 Å². The monoisotopic (exact) mass is 337 g/mol. The minimum Gasteiger partial charge on any atom is -0.481 e. The topological polar surface area (TPSA) is 75.6 Å². The molecule has 2 rings (SSSR count). The van der Waals surface area contributed by atoms with Gasteiger partial charge in [-0.1, -0.05) is 19.3 Å². The number of carboxylic acid groups (broad SMARTS) is 1. The van der Waals surface area contributed by atoms with Gasteiger partial charge in [-0.3, -0.25) is 9.59 Å². The summed E-state index contributed by atoms with van der Waals surface area (Å²) in [4.78, 5) is 24.1. The molecule has 0 atom stereocenters. The fourth-order valence-electron chi connectivity index (χ4n) is 3.00. The molecule has 0 aromatic heterocycles. The SMILES string of the molecule is CC(C)(Oc1ccc(F)cc1)C(=O)NCC1(C(=O)O)CCCCC1. The maximum Gasteiger partial charge on any atom is 0.311 e. The summed E-state index contributed by atoms with van der Waals surface area (Å²) in [5.74, 6) is -1.26. The van der Waals surface area contributed by atoms with Crippen LogP contribution in [0.25, 0.3) is 0 Å². The molecule has 1 amide bonds. The van der Waals surface area contributed by atoms with E-state index in [0.717, 1.165) is 19.3 Å². The summed E-state index contributed by atoms with van der Waals surface area (Å²) in [5, 5.41) is 12.3. The van der Waals surface area contributed by atoms with Crippen LogP contribution < -0.4 is 10.1 Å². The summed E-state index contributed by atoms with van der Waals surface area (Å²) in [7, 11) is 0. The lowest BCUT2D eigenvalue weighted by atomic mass is 9.74. The fraction of sp³-hybridized carbons (Fsp3) is 0.556. The van der Waals surface area contributed by atoms with Crippen molar-refractivity contribution in [1.82, 2.24) is 5.32 Å². The molecule has 0 saturated heterocycles. The van der Waals surface area contributed by atoms with Crippen molar-refractivity contribution < 1.29 is 23.8 Å². The first kappa shape index (κ1) is 18.2. The quantitative estimate of drug-likeness (QED) is 0.836. The molecule has 1 aliphatic rings. The van der Waals surface area contributed by atoms with Crippen molar-refractivity contribution in [3.05, 3.63) is 30.1 Å². The molecule has 2 N–H and O–H groups in total. The van der Waals surface area contributed by atoms with Gasteiger partial charge in [-0.15, -0.1) is 0 Å². The van der Waals surface area contributed by atoms with Crippen LogP contribution in [0, 0.1) is 11.2 Å². The molecular weight excluding hydrogens is 313 g/mol. The summed E-state index contributed by atoms with van der Waals surface area (Å²) >= 11 is 0. The van der Waals surface area contributed by atoms with Gasteiger partial charge in [0, 0.05) is 6.54 Å². The van der Waals surface area contributed by atoms with Crippen LogP contribution in [0.1, 0.15) is 46.0 Å². The minimum atomic E-state index is -1.19. The third kappa shape index (κ3) is 4.24. The van der Waals surface area contributed by atoms with Gasteiger partial charge in [0.2, 0.25) is 0 Å². The van der Waals surface area contributed by atoms with Gasteiger partial charge in [-0.2, -0.15) is 0 Å². The van der Waals surface area contributed by atoms with Crippen LogP contribution in [0.4, 0.5) is 4.39 Å². The Morgan fingerprint density at radius 2 is 1.79 bits per heavy atom. The second-order valence-electron chi connectivity index (χ2n) is 6.90. The van der Waals surface area contributed by atoms with Crippen LogP contribution in [0.5, 0.6) is 5.75 Å². The highest BCUT2D eigenvalue weighted by molar-refractivity contribution is 5.85.